The Morgan fingerprint density at radius 1 is 1.15 bits per heavy atom. The predicted octanol–water partition coefficient (Wildman–Crippen LogP) is 4.11. The van der Waals surface area contributed by atoms with Gasteiger partial charge in [-0.3, -0.25) is 9.36 Å². The summed E-state index contributed by atoms with van der Waals surface area (Å²) in [5.74, 6) is 0.933. The summed E-state index contributed by atoms with van der Waals surface area (Å²) in [6.45, 7) is 0.0128. The molecule has 11 heteroatoms. The van der Waals surface area contributed by atoms with E-state index in [0.29, 0.717) is 34.3 Å². The fourth-order valence-corrected chi connectivity index (χ4v) is 4.16. The molecule has 1 N–H and O–H groups in total. The molecule has 3 heterocycles. The van der Waals surface area contributed by atoms with Crippen LogP contribution in [-0.2, 0) is 11.0 Å². The minimum Gasteiger partial charge on any atom is -0.492 e. The lowest BCUT2D eigenvalue weighted by Crippen LogP contribution is -2.25. The van der Waals surface area contributed by atoms with Crippen LogP contribution in [0.2, 0.25) is 0 Å². The normalized spacial score (nSPS) is 16.9. The molecule has 1 amide bonds. The van der Waals surface area contributed by atoms with E-state index in [0.717, 1.165) is 12.1 Å². The van der Waals surface area contributed by atoms with E-state index < -0.39 is 17.7 Å². The third-order valence-electron chi connectivity index (χ3n) is 5.61. The van der Waals surface area contributed by atoms with Gasteiger partial charge < -0.3 is 24.3 Å². The zero-order chi connectivity index (χ0) is 23.3. The Hall–Kier alpha value is -3.89. The van der Waals surface area contributed by atoms with Gasteiger partial charge in [0.25, 0.3) is 0 Å². The van der Waals surface area contributed by atoms with Gasteiger partial charge in [-0.1, -0.05) is 6.07 Å². The van der Waals surface area contributed by atoms with Gasteiger partial charge in [-0.2, -0.15) is 13.2 Å². The Bertz CT molecular complexity index is 1250. The first-order chi connectivity index (χ1) is 15.8. The van der Waals surface area contributed by atoms with Gasteiger partial charge >= 0.3 is 6.18 Å². The Morgan fingerprint density at radius 3 is 2.67 bits per heavy atom. The van der Waals surface area contributed by atoms with Crippen molar-refractivity contribution in [2.45, 2.75) is 18.5 Å². The molecule has 33 heavy (non-hydrogen) atoms. The van der Waals surface area contributed by atoms with Crippen molar-refractivity contribution in [3.05, 3.63) is 53.5 Å². The highest BCUT2D eigenvalue weighted by Gasteiger charge is 2.37. The van der Waals surface area contributed by atoms with Crippen molar-refractivity contribution in [1.82, 2.24) is 9.55 Å². The summed E-state index contributed by atoms with van der Waals surface area (Å²) >= 11 is 0. The van der Waals surface area contributed by atoms with E-state index in [1.807, 2.05) is 0 Å². The summed E-state index contributed by atoms with van der Waals surface area (Å²) in [7, 11) is 2.93. The fraction of sp³-hybridized carbons (Fsp3) is 0.273. The van der Waals surface area contributed by atoms with Crippen molar-refractivity contribution in [3.8, 4) is 28.7 Å². The zero-order valence-electron chi connectivity index (χ0n) is 17.5. The van der Waals surface area contributed by atoms with Crippen LogP contribution in [-0.4, -0.2) is 36.5 Å². The summed E-state index contributed by atoms with van der Waals surface area (Å²) in [4.78, 5) is 17.1. The SMILES string of the molecule is COc1c([C@@H]2CC(=O)Nc3c2ncn3-c2cccc(C(F)(F)F)c2)cc2c(c1OC)OCO2. The van der Waals surface area contributed by atoms with Gasteiger partial charge in [-0.15, -0.1) is 0 Å². The number of nitrogens with zero attached hydrogens (tertiary/aromatic N) is 2. The van der Waals surface area contributed by atoms with Gasteiger partial charge in [-0.05, 0) is 24.3 Å². The lowest BCUT2D eigenvalue weighted by molar-refractivity contribution is -0.137. The fourth-order valence-electron chi connectivity index (χ4n) is 4.16. The van der Waals surface area contributed by atoms with Crippen LogP contribution in [0.25, 0.3) is 5.69 Å². The molecule has 8 nitrogen and oxygen atoms in total. The summed E-state index contributed by atoms with van der Waals surface area (Å²) in [5, 5.41) is 2.74. The Morgan fingerprint density at radius 2 is 1.94 bits per heavy atom. The van der Waals surface area contributed by atoms with Gasteiger partial charge in [0.1, 0.15) is 12.1 Å². The van der Waals surface area contributed by atoms with Crippen molar-refractivity contribution in [1.29, 1.82) is 0 Å². The number of alkyl halides is 3. The molecule has 2 aliphatic heterocycles. The second-order valence-electron chi connectivity index (χ2n) is 7.47. The molecule has 0 radical (unpaired) electrons. The highest BCUT2D eigenvalue weighted by molar-refractivity contribution is 5.94. The molecule has 2 aromatic carbocycles. The summed E-state index contributed by atoms with van der Waals surface area (Å²) < 4.78 is 63.1. The first-order valence-electron chi connectivity index (χ1n) is 9.91. The minimum atomic E-state index is -4.50. The van der Waals surface area contributed by atoms with Gasteiger partial charge in [0, 0.05) is 23.6 Å². The molecule has 0 saturated heterocycles. The van der Waals surface area contributed by atoms with E-state index in [1.165, 1.54) is 37.2 Å². The van der Waals surface area contributed by atoms with Crippen molar-refractivity contribution < 1.29 is 36.9 Å². The number of rotatable bonds is 4. The molecule has 0 aliphatic carbocycles. The number of fused-ring (bicyclic) bond motifs is 2. The van der Waals surface area contributed by atoms with Crippen LogP contribution in [0.4, 0.5) is 19.0 Å². The summed E-state index contributed by atoms with van der Waals surface area (Å²) in [6, 6.07) is 6.51. The second-order valence-corrected chi connectivity index (χ2v) is 7.47. The number of ether oxygens (including phenoxy) is 4. The van der Waals surface area contributed by atoms with Crippen molar-refractivity contribution in [3.63, 3.8) is 0 Å². The number of carbonyl (C=O) groups is 1. The summed E-state index contributed by atoms with van der Waals surface area (Å²) in [6.07, 6.45) is -3.07. The largest absolute Gasteiger partial charge is 0.492 e. The van der Waals surface area contributed by atoms with Crippen LogP contribution in [0.1, 0.15) is 29.2 Å². The molecule has 172 valence electrons. The van der Waals surface area contributed by atoms with E-state index in [-0.39, 0.29) is 30.6 Å². The van der Waals surface area contributed by atoms with E-state index in [4.69, 9.17) is 18.9 Å². The maximum Gasteiger partial charge on any atom is 0.416 e. The van der Waals surface area contributed by atoms with Crippen LogP contribution < -0.4 is 24.3 Å². The van der Waals surface area contributed by atoms with Crippen LogP contribution in [0.15, 0.2) is 36.7 Å². The van der Waals surface area contributed by atoms with Crippen molar-refractivity contribution in [2.24, 2.45) is 0 Å². The average Bonchev–Trinajstić information content (AvgIpc) is 3.43. The molecule has 0 unspecified atom stereocenters. The van der Waals surface area contributed by atoms with Crippen LogP contribution in [0.5, 0.6) is 23.0 Å². The van der Waals surface area contributed by atoms with Gasteiger partial charge in [0.2, 0.25) is 24.2 Å². The number of imidazole rings is 1. The molecular formula is C22H18F3N3O5. The third kappa shape index (κ3) is 3.40. The van der Waals surface area contributed by atoms with E-state index in [1.54, 1.807) is 6.07 Å². The number of anilines is 1. The smallest absolute Gasteiger partial charge is 0.416 e. The lowest BCUT2D eigenvalue weighted by atomic mass is 9.88. The van der Waals surface area contributed by atoms with Gasteiger partial charge in [0.05, 0.1) is 25.5 Å². The van der Waals surface area contributed by atoms with Crippen molar-refractivity contribution >= 4 is 11.7 Å². The average molecular weight is 461 g/mol. The summed E-state index contributed by atoms with van der Waals surface area (Å²) in [5.41, 5.74) is 0.480. The second kappa shape index (κ2) is 7.61. The topological polar surface area (TPSA) is 83.8 Å². The lowest BCUT2D eigenvalue weighted by Gasteiger charge is -2.25. The number of benzene rings is 2. The molecular weight excluding hydrogens is 443 g/mol. The number of hydrogen-bond donors (Lipinski definition) is 1. The predicted molar refractivity (Wildman–Crippen MR) is 109 cm³/mol. The first kappa shape index (κ1) is 21.0. The Kier molecular flexibility index (Phi) is 4.84. The molecule has 0 fully saturated rings. The quantitative estimate of drug-likeness (QED) is 0.630. The maximum absolute atomic E-state index is 13.2. The molecule has 2 aliphatic rings. The van der Waals surface area contributed by atoms with Gasteiger partial charge in [0.15, 0.2) is 11.5 Å². The molecule has 0 saturated carbocycles. The number of amides is 1. The Balaban J connectivity index is 1.65. The third-order valence-corrected chi connectivity index (χ3v) is 5.61. The first-order valence-corrected chi connectivity index (χ1v) is 9.91. The van der Waals surface area contributed by atoms with Crippen LogP contribution in [0.3, 0.4) is 0 Å². The minimum absolute atomic E-state index is 0.0128. The monoisotopic (exact) mass is 461 g/mol. The highest BCUT2D eigenvalue weighted by Crippen LogP contribution is 2.53. The van der Waals surface area contributed by atoms with Crippen LogP contribution >= 0.6 is 0 Å². The molecule has 1 aromatic heterocycles. The standard InChI is InChI=1S/C22H18F3N3O5/c1-30-18-14(7-15-19(20(18)31-2)33-10-32-15)13-8-16(29)27-21-17(13)26-9-28(21)12-5-3-4-11(6-12)22(23,24)25/h3-7,9,13H,8,10H2,1-2H3,(H,27,29)/t13-/m0/s1. The molecule has 1 atom stereocenters. The van der Waals surface area contributed by atoms with E-state index in [9.17, 15) is 18.0 Å². The molecule has 0 spiro atoms. The molecule has 0 bridgehead atoms. The maximum atomic E-state index is 13.2. The number of hydrogen-bond acceptors (Lipinski definition) is 6. The van der Waals surface area contributed by atoms with E-state index >= 15 is 0 Å². The number of aromatic nitrogens is 2. The number of carbonyl (C=O) groups excluding carboxylic acids is 1. The number of halogens is 3. The highest BCUT2D eigenvalue weighted by atomic mass is 19.4. The van der Waals surface area contributed by atoms with Gasteiger partial charge in [-0.25, -0.2) is 4.98 Å². The molecule has 5 rings (SSSR count). The van der Waals surface area contributed by atoms with Crippen LogP contribution in [0, 0.1) is 0 Å². The molecule has 3 aromatic rings. The van der Waals surface area contributed by atoms with Crippen molar-refractivity contribution in [2.75, 3.05) is 26.3 Å². The van der Waals surface area contributed by atoms with E-state index in [2.05, 4.69) is 10.3 Å². The number of nitrogens with one attached hydrogen (secondary N) is 1. The number of methoxy groups -OCH3 is 2. The Labute approximate surface area is 185 Å². The zero-order valence-corrected chi connectivity index (χ0v) is 17.5.